The zero-order valence-electron chi connectivity index (χ0n) is 17.4. The van der Waals surface area contributed by atoms with Gasteiger partial charge in [-0.1, -0.05) is 59.2 Å². The van der Waals surface area contributed by atoms with Gasteiger partial charge in [-0.2, -0.15) is 0 Å². The number of aromatic nitrogens is 1. The highest BCUT2D eigenvalue weighted by Gasteiger charge is 2.21. The van der Waals surface area contributed by atoms with Crippen LogP contribution in [0.3, 0.4) is 0 Å². The fourth-order valence-electron chi connectivity index (χ4n) is 3.36. The molecule has 0 radical (unpaired) electrons. The van der Waals surface area contributed by atoms with Crippen LogP contribution in [0.15, 0.2) is 63.6 Å². The summed E-state index contributed by atoms with van der Waals surface area (Å²) in [5.74, 6) is 1.11. The molecule has 0 spiro atoms. The number of benzene rings is 2. The van der Waals surface area contributed by atoms with E-state index in [2.05, 4.69) is 45.2 Å². The molecule has 1 aromatic heterocycles. The van der Waals surface area contributed by atoms with Crippen LogP contribution in [0.25, 0.3) is 11.3 Å². The summed E-state index contributed by atoms with van der Waals surface area (Å²) < 4.78 is 11.6. The van der Waals surface area contributed by atoms with Gasteiger partial charge < -0.3 is 14.6 Å². The van der Waals surface area contributed by atoms with Gasteiger partial charge in [0.2, 0.25) is 0 Å². The topological polar surface area (TPSA) is 67.6 Å². The van der Waals surface area contributed by atoms with Crippen molar-refractivity contribution >= 4 is 21.8 Å². The Morgan fingerprint density at radius 1 is 1.13 bits per heavy atom. The summed E-state index contributed by atoms with van der Waals surface area (Å²) in [6, 6.07) is 17.3. The van der Waals surface area contributed by atoms with Crippen molar-refractivity contribution in [2.75, 3.05) is 26.7 Å². The van der Waals surface area contributed by atoms with Gasteiger partial charge >= 0.3 is 0 Å². The Morgan fingerprint density at radius 3 is 2.40 bits per heavy atom. The summed E-state index contributed by atoms with van der Waals surface area (Å²) in [5.41, 5.74) is 2.25. The first kappa shape index (κ1) is 22.1. The largest absolute Gasteiger partial charge is 0.497 e. The lowest BCUT2D eigenvalue weighted by atomic mass is 10.0. The fourth-order valence-corrected chi connectivity index (χ4v) is 3.62. The van der Waals surface area contributed by atoms with Crippen molar-refractivity contribution in [3.63, 3.8) is 0 Å². The molecule has 1 amide bonds. The van der Waals surface area contributed by atoms with Crippen LogP contribution in [0.5, 0.6) is 5.75 Å². The highest BCUT2D eigenvalue weighted by molar-refractivity contribution is 9.10. The molecular weight excluding hydrogens is 446 g/mol. The average Bonchev–Trinajstić information content (AvgIpc) is 3.27. The molecule has 0 aliphatic rings. The average molecular weight is 472 g/mol. The van der Waals surface area contributed by atoms with Crippen molar-refractivity contribution in [1.82, 2.24) is 15.4 Å². The quantitative estimate of drug-likeness (QED) is 0.479. The number of carbonyl (C=O) groups is 1. The number of nitrogens with zero attached hydrogens (tertiary/aromatic N) is 2. The molecule has 1 N–H and O–H groups in total. The minimum absolute atomic E-state index is 0.0488. The first-order chi connectivity index (χ1) is 14.5. The Labute approximate surface area is 185 Å². The van der Waals surface area contributed by atoms with Crippen LogP contribution in [-0.2, 0) is 0 Å². The van der Waals surface area contributed by atoms with Crippen molar-refractivity contribution in [3.05, 3.63) is 70.3 Å². The van der Waals surface area contributed by atoms with E-state index in [1.54, 1.807) is 13.2 Å². The number of ether oxygens (including phenoxy) is 1. The van der Waals surface area contributed by atoms with Gasteiger partial charge in [0.25, 0.3) is 5.91 Å². The summed E-state index contributed by atoms with van der Waals surface area (Å²) in [7, 11) is 1.65. The lowest BCUT2D eigenvalue weighted by Gasteiger charge is -2.30. The first-order valence-corrected chi connectivity index (χ1v) is 10.7. The molecule has 0 unspecified atom stereocenters. The minimum atomic E-state index is -0.257. The lowest BCUT2D eigenvalue weighted by molar-refractivity contribution is 0.0926. The maximum absolute atomic E-state index is 12.7. The second kappa shape index (κ2) is 10.4. The van der Waals surface area contributed by atoms with E-state index in [4.69, 9.17) is 9.26 Å². The number of amides is 1. The molecule has 0 aliphatic carbocycles. The van der Waals surface area contributed by atoms with Crippen LogP contribution >= 0.6 is 15.9 Å². The summed E-state index contributed by atoms with van der Waals surface area (Å²) in [5, 5.41) is 6.95. The van der Waals surface area contributed by atoms with Crippen molar-refractivity contribution in [2.24, 2.45) is 0 Å². The maximum atomic E-state index is 12.7. The van der Waals surface area contributed by atoms with E-state index in [0.717, 1.165) is 34.4 Å². The molecule has 158 valence electrons. The second-order valence-electron chi connectivity index (χ2n) is 6.80. The van der Waals surface area contributed by atoms with Gasteiger partial charge in [-0.25, -0.2) is 0 Å². The van der Waals surface area contributed by atoms with Crippen molar-refractivity contribution in [3.8, 4) is 17.1 Å². The Balaban J connectivity index is 1.71. The Bertz CT molecular complexity index is 951. The molecule has 3 aromatic rings. The molecule has 7 heteroatoms. The van der Waals surface area contributed by atoms with Crippen molar-refractivity contribution in [2.45, 2.75) is 19.9 Å². The van der Waals surface area contributed by atoms with Gasteiger partial charge in [-0.3, -0.25) is 9.69 Å². The maximum Gasteiger partial charge on any atom is 0.273 e. The number of hydrogen-bond donors (Lipinski definition) is 1. The number of likely N-dealkylation sites (N-methyl/N-ethyl adjacent to an activating group) is 1. The number of methoxy groups -OCH3 is 1. The van der Waals surface area contributed by atoms with Gasteiger partial charge in [-0.05, 0) is 42.9 Å². The van der Waals surface area contributed by atoms with E-state index in [9.17, 15) is 4.79 Å². The van der Waals surface area contributed by atoms with E-state index in [0.29, 0.717) is 12.3 Å². The molecular formula is C23H26BrN3O3. The standard InChI is InChI=1S/C23H26BrN3O3/c1-4-27(5-2)21(16-8-12-19(29-3)13-9-16)15-25-23(28)20-14-22(30-26-20)17-6-10-18(24)11-7-17/h6-14,21H,4-5,15H2,1-3H3,(H,25,28)/t21-/m1/s1. The van der Waals surface area contributed by atoms with E-state index >= 15 is 0 Å². The third-order valence-electron chi connectivity index (χ3n) is 5.08. The minimum Gasteiger partial charge on any atom is -0.497 e. The van der Waals surface area contributed by atoms with Crippen molar-refractivity contribution in [1.29, 1.82) is 0 Å². The van der Waals surface area contributed by atoms with E-state index in [1.165, 1.54) is 0 Å². The summed E-state index contributed by atoms with van der Waals surface area (Å²) >= 11 is 3.41. The fraction of sp³-hybridized carbons (Fsp3) is 0.304. The van der Waals surface area contributed by atoms with E-state index in [-0.39, 0.29) is 17.6 Å². The first-order valence-electron chi connectivity index (χ1n) is 9.94. The number of rotatable bonds is 9. The summed E-state index contributed by atoms with van der Waals surface area (Å²) in [6.45, 7) is 6.45. The van der Waals surface area contributed by atoms with Crippen LogP contribution in [0.4, 0.5) is 0 Å². The Hall–Kier alpha value is -2.64. The lowest BCUT2D eigenvalue weighted by Crippen LogP contribution is -2.38. The third kappa shape index (κ3) is 5.29. The number of carbonyl (C=O) groups excluding carboxylic acids is 1. The number of hydrogen-bond acceptors (Lipinski definition) is 5. The predicted octanol–water partition coefficient (Wildman–Crippen LogP) is 4.93. The third-order valence-corrected chi connectivity index (χ3v) is 5.61. The van der Waals surface area contributed by atoms with Crippen LogP contribution in [0.1, 0.15) is 35.9 Å². The molecule has 1 atom stereocenters. The molecule has 0 saturated heterocycles. The van der Waals surface area contributed by atoms with Crippen LogP contribution < -0.4 is 10.1 Å². The number of nitrogens with one attached hydrogen (secondary N) is 1. The second-order valence-corrected chi connectivity index (χ2v) is 7.72. The normalized spacial score (nSPS) is 12.0. The number of halogens is 1. The summed E-state index contributed by atoms with van der Waals surface area (Å²) in [4.78, 5) is 15.0. The molecule has 0 aliphatic heterocycles. The van der Waals surface area contributed by atoms with Crippen molar-refractivity contribution < 1.29 is 14.1 Å². The molecule has 2 aromatic carbocycles. The molecule has 6 nitrogen and oxygen atoms in total. The molecule has 3 rings (SSSR count). The molecule has 1 heterocycles. The smallest absolute Gasteiger partial charge is 0.273 e. The molecule has 0 saturated carbocycles. The zero-order valence-corrected chi connectivity index (χ0v) is 19.0. The van der Waals surface area contributed by atoms with Gasteiger partial charge in [-0.15, -0.1) is 0 Å². The SMILES string of the molecule is CCN(CC)[C@H](CNC(=O)c1cc(-c2ccc(Br)cc2)on1)c1ccc(OC)cc1. The van der Waals surface area contributed by atoms with Crippen LogP contribution in [-0.4, -0.2) is 42.7 Å². The molecule has 30 heavy (non-hydrogen) atoms. The molecule has 0 bridgehead atoms. The summed E-state index contributed by atoms with van der Waals surface area (Å²) in [6.07, 6.45) is 0. The highest BCUT2D eigenvalue weighted by atomic mass is 79.9. The predicted molar refractivity (Wildman–Crippen MR) is 121 cm³/mol. The molecule has 0 fully saturated rings. The van der Waals surface area contributed by atoms with Crippen LogP contribution in [0.2, 0.25) is 0 Å². The van der Waals surface area contributed by atoms with E-state index in [1.807, 2.05) is 48.5 Å². The van der Waals surface area contributed by atoms with Gasteiger partial charge in [0.1, 0.15) is 5.75 Å². The van der Waals surface area contributed by atoms with Gasteiger partial charge in [0, 0.05) is 22.6 Å². The van der Waals surface area contributed by atoms with Gasteiger partial charge in [0.05, 0.1) is 13.2 Å². The monoisotopic (exact) mass is 471 g/mol. The van der Waals surface area contributed by atoms with Gasteiger partial charge in [0.15, 0.2) is 11.5 Å². The van der Waals surface area contributed by atoms with Crippen LogP contribution in [0, 0.1) is 0 Å². The highest BCUT2D eigenvalue weighted by Crippen LogP contribution is 2.24. The van der Waals surface area contributed by atoms with E-state index < -0.39 is 0 Å². The zero-order chi connectivity index (χ0) is 21.5. The Kier molecular flexibility index (Phi) is 7.65. The Morgan fingerprint density at radius 2 is 1.80 bits per heavy atom.